The van der Waals surface area contributed by atoms with Gasteiger partial charge in [0.25, 0.3) is 0 Å². The van der Waals surface area contributed by atoms with Gasteiger partial charge in [0, 0.05) is 29.1 Å². The van der Waals surface area contributed by atoms with Crippen molar-refractivity contribution in [3.8, 4) is 33.4 Å². The molecule has 0 bridgehead atoms. The van der Waals surface area contributed by atoms with Gasteiger partial charge in [-0.05, 0) is 113 Å². The second kappa shape index (κ2) is 16.8. The van der Waals surface area contributed by atoms with E-state index >= 15 is 0 Å². The molecule has 2 heteroatoms. The van der Waals surface area contributed by atoms with E-state index in [1.807, 2.05) is 13.0 Å². The minimum Gasteiger partial charge on any atom is -0.500 e. The van der Waals surface area contributed by atoms with E-state index in [-0.39, 0.29) is 0 Å². The standard InChI is InChI=1S/C51H45NO/c1-4-5-6-9-16-38(2)50-37-44(49-21-14-15-22-51(49)53-3)31-36-48(50)43-29-34-47(35-30-43)52(45-19-12-8-13-20-45)46-32-27-42(28-33-46)41-25-23-40(24-26-41)39-17-10-7-11-18-39/h4-14,16-21,23-37H,15,22H2,1-3H3/b5-4-,9-6-,38-16+. The van der Waals surface area contributed by atoms with Gasteiger partial charge in [-0.3, -0.25) is 0 Å². The van der Waals surface area contributed by atoms with Gasteiger partial charge in [-0.2, -0.15) is 0 Å². The number of nitrogens with zero attached hydrogens (tertiary/aromatic N) is 1. The molecule has 0 radical (unpaired) electrons. The lowest BCUT2D eigenvalue weighted by molar-refractivity contribution is 0.279. The zero-order valence-electron chi connectivity index (χ0n) is 30.7. The number of ether oxygens (including phenoxy) is 1. The number of para-hydroxylation sites is 1. The average molecular weight is 688 g/mol. The van der Waals surface area contributed by atoms with E-state index in [0.29, 0.717) is 0 Å². The van der Waals surface area contributed by atoms with Gasteiger partial charge in [0.1, 0.15) is 5.76 Å². The lowest BCUT2D eigenvalue weighted by Crippen LogP contribution is -2.09. The minimum atomic E-state index is 0.921. The SMILES string of the molecule is C\C=C/C=C\C=C(/C)c1cc(C2=C(OC)CCC=C2)ccc1-c1ccc(N(c2ccccc2)c2ccc(-c3ccc(-c4ccccc4)cc3)cc2)cc1. The molecule has 0 saturated heterocycles. The van der Waals surface area contributed by atoms with Crippen molar-refractivity contribution in [2.75, 3.05) is 12.0 Å². The Morgan fingerprint density at radius 3 is 1.70 bits per heavy atom. The zero-order valence-corrected chi connectivity index (χ0v) is 30.7. The van der Waals surface area contributed by atoms with Gasteiger partial charge >= 0.3 is 0 Å². The fourth-order valence-corrected chi connectivity index (χ4v) is 6.97. The third-order valence-electron chi connectivity index (χ3n) is 9.79. The summed E-state index contributed by atoms with van der Waals surface area (Å²) < 4.78 is 5.81. The summed E-state index contributed by atoms with van der Waals surface area (Å²) in [5, 5.41) is 0. The van der Waals surface area contributed by atoms with Crippen molar-refractivity contribution >= 4 is 28.2 Å². The van der Waals surface area contributed by atoms with Crippen LogP contribution < -0.4 is 4.90 Å². The third kappa shape index (κ3) is 8.08. The Hall–Kier alpha value is -6.38. The smallest absolute Gasteiger partial charge is 0.104 e. The van der Waals surface area contributed by atoms with Crippen LogP contribution in [-0.2, 0) is 4.74 Å². The van der Waals surface area contributed by atoms with Crippen molar-refractivity contribution in [3.05, 3.63) is 211 Å². The summed E-state index contributed by atoms with van der Waals surface area (Å²) in [6.45, 7) is 4.22. The molecule has 0 spiro atoms. The fourth-order valence-electron chi connectivity index (χ4n) is 6.97. The third-order valence-corrected chi connectivity index (χ3v) is 9.79. The molecular weight excluding hydrogens is 643 g/mol. The molecule has 0 aromatic heterocycles. The first-order chi connectivity index (χ1) is 26.1. The normalized spacial score (nSPS) is 13.2. The van der Waals surface area contributed by atoms with Crippen LogP contribution in [0.2, 0.25) is 0 Å². The Balaban J connectivity index is 1.22. The topological polar surface area (TPSA) is 12.5 Å². The molecule has 1 aliphatic carbocycles. The highest BCUT2D eigenvalue weighted by Crippen LogP contribution is 2.39. The largest absolute Gasteiger partial charge is 0.500 e. The molecule has 53 heavy (non-hydrogen) atoms. The summed E-state index contributed by atoms with van der Waals surface area (Å²) in [5.74, 6) is 1.04. The zero-order chi connectivity index (χ0) is 36.4. The molecule has 0 heterocycles. The first kappa shape index (κ1) is 35.0. The van der Waals surface area contributed by atoms with Crippen molar-refractivity contribution in [1.29, 1.82) is 0 Å². The van der Waals surface area contributed by atoms with Crippen LogP contribution in [0.1, 0.15) is 37.8 Å². The molecule has 0 unspecified atom stereocenters. The highest BCUT2D eigenvalue weighted by molar-refractivity contribution is 5.87. The maximum atomic E-state index is 5.81. The Morgan fingerprint density at radius 1 is 0.566 bits per heavy atom. The number of hydrogen-bond donors (Lipinski definition) is 0. The minimum absolute atomic E-state index is 0.921. The van der Waals surface area contributed by atoms with Crippen LogP contribution in [0.15, 0.2) is 200 Å². The first-order valence-corrected chi connectivity index (χ1v) is 18.4. The number of hydrogen-bond acceptors (Lipinski definition) is 2. The molecule has 260 valence electrons. The van der Waals surface area contributed by atoms with Crippen LogP contribution in [0.5, 0.6) is 0 Å². The van der Waals surface area contributed by atoms with Gasteiger partial charge in [0.2, 0.25) is 0 Å². The summed E-state index contributed by atoms with van der Waals surface area (Å²) in [6.07, 6.45) is 16.8. The van der Waals surface area contributed by atoms with Crippen molar-refractivity contribution in [3.63, 3.8) is 0 Å². The van der Waals surface area contributed by atoms with Crippen molar-refractivity contribution in [2.24, 2.45) is 0 Å². The van der Waals surface area contributed by atoms with Crippen LogP contribution in [0.4, 0.5) is 17.1 Å². The molecule has 0 atom stereocenters. The van der Waals surface area contributed by atoms with Crippen LogP contribution in [-0.4, -0.2) is 7.11 Å². The highest BCUT2D eigenvalue weighted by Gasteiger charge is 2.17. The molecule has 0 aliphatic heterocycles. The van der Waals surface area contributed by atoms with E-state index in [4.69, 9.17) is 4.74 Å². The van der Waals surface area contributed by atoms with E-state index in [2.05, 4.69) is 200 Å². The maximum absolute atomic E-state index is 5.81. The van der Waals surface area contributed by atoms with Gasteiger partial charge in [-0.25, -0.2) is 0 Å². The highest BCUT2D eigenvalue weighted by atomic mass is 16.5. The predicted octanol–water partition coefficient (Wildman–Crippen LogP) is 14.4. The fraction of sp³-hybridized carbons (Fsp3) is 0.0980. The molecule has 0 N–H and O–H groups in total. The molecule has 0 fully saturated rings. The molecule has 6 aromatic rings. The average Bonchev–Trinajstić information content (AvgIpc) is 3.23. The summed E-state index contributed by atoms with van der Waals surface area (Å²) in [5.41, 5.74) is 15.3. The number of rotatable bonds is 11. The predicted molar refractivity (Wildman–Crippen MR) is 227 cm³/mol. The number of methoxy groups -OCH3 is 1. The van der Waals surface area contributed by atoms with Gasteiger partial charge in [0.05, 0.1) is 7.11 Å². The number of allylic oxidation sites excluding steroid dienone is 10. The van der Waals surface area contributed by atoms with Gasteiger partial charge in [-0.15, -0.1) is 0 Å². The van der Waals surface area contributed by atoms with Crippen LogP contribution in [0.25, 0.3) is 44.5 Å². The molecule has 6 aromatic carbocycles. The van der Waals surface area contributed by atoms with Crippen molar-refractivity contribution in [1.82, 2.24) is 0 Å². The lowest BCUT2D eigenvalue weighted by atomic mass is 9.89. The summed E-state index contributed by atoms with van der Waals surface area (Å²) >= 11 is 0. The molecule has 0 saturated carbocycles. The Bertz CT molecular complexity index is 2290. The number of benzene rings is 6. The van der Waals surface area contributed by atoms with E-state index in [1.54, 1.807) is 7.11 Å². The van der Waals surface area contributed by atoms with E-state index in [1.165, 1.54) is 50.1 Å². The maximum Gasteiger partial charge on any atom is 0.104 e. The van der Waals surface area contributed by atoms with E-state index in [0.717, 1.165) is 41.2 Å². The summed E-state index contributed by atoms with van der Waals surface area (Å²) in [4.78, 5) is 2.32. The molecule has 1 aliphatic rings. The molecule has 0 amide bonds. The Labute approximate surface area is 315 Å². The Morgan fingerprint density at radius 2 is 1.09 bits per heavy atom. The quantitative estimate of drug-likeness (QED) is 0.126. The lowest BCUT2D eigenvalue weighted by Gasteiger charge is -2.26. The van der Waals surface area contributed by atoms with Gasteiger partial charge < -0.3 is 9.64 Å². The molecule has 2 nitrogen and oxygen atoms in total. The van der Waals surface area contributed by atoms with Gasteiger partial charge in [-0.1, -0.05) is 152 Å². The summed E-state index contributed by atoms with van der Waals surface area (Å²) in [6, 6.07) is 54.6. The van der Waals surface area contributed by atoms with Gasteiger partial charge in [0.15, 0.2) is 0 Å². The van der Waals surface area contributed by atoms with E-state index in [9.17, 15) is 0 Å². The van der Waals surface area contributed by atoms with Crippen LogP contribution in [0.3, 0.4) is 0 Å². The monoisotopic (exact) mass is 687 g/mol. The molecule has 7 rings (SSSR count). The molecular formula is C51H45NO. The van der Waals surface area contributed by atoms with Crippen molar-refractivity contribution < 1.29 is 4.74 Å². The van der Waals surface area contributed by atoms with Crippen LogP contribution >= 0.6 is 0 Å². The van der Waals surface area contributed by atoms with Crippen molar-refractivity contribution in [2.45, 2.75) is 26.7 Å². The second-order valence-electron chi connectivity index (χ2n) is 13.2. The second-order valence-corrected chi connectivity index (χ2v) is 13.2. The van der Waals surface area contributed by atoms with E-state index < -0.39 is 0 Å². The first-order valence-electron chi connectivity index (χ1n) is 18.4. The van der Waals surface area contributed by atoms with Crippen LogP contribution in [0, 0.1) is 0 Å². The Kier molecular flexibility index (Phi) is 11.1. The summed E-state index contributed by atoms with van der Waals surface area (Å²) in [7, 11) is 1.78. The number of anilines is 3.